The summed E-state index contributed by atoms with van der Waals surface area (Å²) in [7, 11) is 0. The number of nitrogens with one attached hydrogen (secondary N) is 1. The minimum Gasteiger partial charge on any atom is -0.292 e. The Morgan fingerprint density at radius 1 is 1.35 bits per heavy atom. The van der Waals surface area contributed by atoms with Crippen LogP contribution in [-0.2, 0) is 0 Å². The molecular formula is C10H8BrClN4S. The minimum atomic E-state index is 0.337. The van der Waals surface area contributed by atoms with E-state index in [9.17, 15) is 0 Å². The number of aromatic nitrogens is 2. The van der Waals surface area contributed by atoms with Crippen molar-refractivity contribution in [1.82, 2.24) is 9.97 Å². The topological polar surface area (TPSA) is 63.8 Å². The first-order valence-electron chi connectivity index (χ1n) is 4.62. The van der Waals surface area contributed by atoms with Gasteiger partial charge >= 0.3 is 0 Å². The van der Waals surface area contributed by atoms with E-state index in [2.05, 4.69) is 31.3 Å². The van der Waals surface area contributed by atoms with Crippen LogP contribution in [0.3, 0.4) is 0 Å². The van der Waals surface area contributed by atoms with Crippen molar-refractivity contribution in [2.75, 3.05) is 5.43 Å². The average molecular weight is 332 g/mol. The van der Waals surface area contributed by atoms with Gasteiger partial charge in [-0.05, 0) is 28.1 Å². The summed E-state index contributed by atoms with van der Waals surface area (Å²) in [6.45, 7) is 0. The zero-order valence-corrected chi connectivity index (χ0v) is 11.7. The number of halogens is 2. The summed E-state index contributed by atoms with van der Waals surface area (Å²) >= 11 is 10.9. The van der Waals surface area contributed by atoms with Gasteiger partial charge in [0.05, 0.1) is 11.2 Å². The number of anilines is 1. The molecule has 1 aromatic carbocycles. The Kier molecular flexibility index (Phi) is 4.22. The number of rotatable bonds is 3. The third kappa shape index (κ3) is 3.10. The maximum atomic E-state index is 6.03. The van der Waals surface area contributed by atoms with Gasteiger partial charge in [-0.3, -0.25) is 5.43 Å². The predicted molar refractivity (Wildman–Crippen MR) is 73.1 cm³/mol. The monoisotopic (exact) mass is 330 g/mol. The lowest BCUT2D eigenvalue weighted by Gasteiger charge is -2.06. The lowest BCUT2D eigenvalue weighted by Crippen LogP contribution is -2.10. The van der Waals surface area contributed by atoms with Crippen LogP contribution in [0.2, 0.25) is 5.02 Å². The molecule has 0 bridgehead atoms. The quantitative estimate of drug-likeness (QED) is 0.513. The van der Waals surface area contributed by atoms with E-state index in [0.29, 0.717) is 16.0 Å². The van der Waals surface area contributed by atoms with E-state index in [0.717, 1.165) is 9.37 Å². The summed E-state index contributed by atoms with van der Waals surface area (Å²) in [5.41, 5.74) is 2.39. The standard InChI is InChI=1S/C10H8BrClN4S/c11-6-3-1-2-4-8(6)17-9-7(12)5-14-10(15-9)16-13/h1-5H,13H2,(H,14,15,16). The van der Waals surface area contributed by atoms with Crippen molar-refractivity contribution < 1.29 is 0 Å². The van der Waals surface area contributed by atoms with E-state index in [4.69, 9.17) is 17.4 Å². The highest BCUT2D eigenvalue weighted by molar-refractivity contribution is 9.10. The van der Waals surface area contributed by atoms with Gasteiger partial charge in [0.15, 0.2) is 0 Å². The second-order valence-electron chi connectivity index (χ2n) is 3.02. The number of hydrogen-bond acceptors (Lipinski definition) is 5. The molecule has 17 heavy (non-hydrogen) atoms. The molecular weight excluding hydrogens is 324 g/mol. The van der Waals surface area contributed by atoms with Gasteiger partial charge < -0.3 is 0 Å². The van der Waals surface area contributed by atoms with Crippen molar-refractivity contribution >= 4 is 45.2 Å². The van der Waals surface area contributed by atoms with E-state index in [1.165, 1.54) is 18.0 Å². The summed E-state index contributed by atoms with van der Waals surface area (Å²) in [4.78, 5) is 9.13. The van der Waals surface area contributed by atoms with Crippen LogP contribution in [-0.4, -0.2) is 9.97 Å². The first-order chi connectivity index (χ1) is 8.20. The SMILES string of the molecule is NNc1ncc(Cl)c(Sc2ccccc2Br)n1. The van der Waals surface area contributed by atoms with Crippen LogP contribution in [0.4, 0.5) is 5.95 Å². The largest absolute Gasteiger partial charge is 0.292 e. The van der Waals surface area contributed by atoms with Crippen molar-refractivity contribution in [2.24, 2.45) is 5.84 Å². The van der Waals surface area contributed by atoms with Crippen molar-refractivity contribution in [3.05, 3.63) is 40.0 Å². The summed E-state index contributed by atoms with van der Waals surface area (Å²) in [6.07, 6.45) is 1.52. The first kappa shape index (κ1) is 12.6. The highest BCUT2D eigenvalue weighted by Gasteiger charge is 2.08. The molecule has 7 heteroatoms. The molecule has 0 saturated heterocycles. The normalized spacial score (nSPS) is 10.3. The van der Waals surface area contributed by atoms with Crippen LogP contribution in [0.1, 0.15) is 0 Å². The lowest BCUT2D eigenvalue weighted by molar-refractivity contribution is 1.03. The zero-order chi connectivity index (χ0) is 12.3. The van der Waals surface area contributed by atoms with Crippen molar-refractivity contribution in [3.8, 4) is 0 Å². The van der Waals surface area contributed by atoms with Crippen LogP contribution >= 0.6 is 39.3 Å². The third-order valence-corrected chi connectivity index (χ3v) is 4.31. The fraction of sp³-hybridized carbons (Fsp3) is 0. The van der Waals surface area contributed by atoms with Crippen molar-refractivity contribution in [1.29, 1.82) is 0 Å². The maximum Gasteiger partial charge on any atom is 0.238 e. The maximum absolute atomic E-state index is 6.03. The zero-order valence-electron chi connectivity index (χ0n) is 8.52. The molecule has 4 nitrogen and oxygen atoms in total. The first-order valence-corrected chi connectivity index (χ1v) is 6.61. The van der Waals surface area contributed by atoms with Crippen molar-refractivity contribution in [3.63, 3.8) is 0 Å². The van der Waals surface area contributed by atoms with Gasteiger partial charge in [0.25, 0.3) is 0 Å². The van der Waals surface area contributed by atoms with Gasteiger partial charge in [-0.25, -0.2) is 15.8 Å². The van der Waals surface area contributed by atoms with Gasteiger partial charge in [-0.1, -0.05) is 35.5 Å². The van der Waals surface area contributed by atoms with Gasteiger partial charge in [-0.15, -0.1) is 0 Å². The molecule has 88 valence electrons. The van der Waals surface area contributed by atoms with Crippen LogP contribution in [0.5, 0.6) is 0 Å². The van der Waals surface area contributed by atoms with Crippen LogP contribution < -0.4 is 11.3 Å². The van der Waals surface area contributed by atoms with Crippen molar-refractivity contribution in [2.45, 2.75) is 9.92 Å². The van der Waals surface area contributed by atoms with Crippen LogP contribution in [0, 0.1) is 0 Å². The number of hydrogen-bond donors (Lipinski definition) is 2. The Balaban J connectivity index is 2.32. The highest BCUT2D eigenvalue weighted by Crippen LogP contribution is 2.35. The number of nitrogens with zero attached hydrogens (tertiary/aromatic N) is 2. The molecule has 2 rings (SSSR count). The molecule has 2 aromatic rings. The van der Waals surface area contributed by atoms with Gasteiger partial charge in [0.1, 0.15) is 5.03 Å². The summed E-state index contributed by atoms with van der Waals surface area (Å²) in [5, 5.41) is 1.14. The Morgan fingerprint density at radius 2 is 2.12 bits per heavy atom. The van der Waals surface area contributed by atoms with E-state index >= 15 is 0 Å². The highest BCUT2D eigenvalue weighted by atomic mass is 79.9. The minimum absolute atomic E-state index is 0.337. The number of nitrogens with two attached hydrogens (primary N) is 1. The average Bonchev–Trinajstić information content (AvgIpc) is 2.35. The molecule has 0 saturated carbocycles. The Labute approximate surface area is 116 Å². The molecule has 0 fully saturated rings. The van der Waals surface area contributed by atoms with Gasteiger partial charge in [0, 0.05) is 9.37 Å². The van der Waals surface area contributed by atoms with Gasteiger partial charge in [0.2, 0.25) is 5.95 Å². The molecule has 0 amide bonds. The second-order valence-corrected chi connectivity index (χ2v) is 5.32. The molecule has 1 aromatic heterocycles. The molecule has 0 atom stereocenters. The lowest BCUT2D eigenvalue weighted by atomic mass is 10.4. The summed E-state index contributed by atoms with van der Waals surface area (Å²) in [5.74, 6) is 5.59. The molecule has 3 N–H and O–H groups in total. The van der Waals surface area contributed by atoms with Crippen LogP contribution in [0.25, 0.3) is 0 Å². The third-order valence-electron chi connectivity index (χ3n) is 1.88. The molecule has 0 radical (unpaired) electrons. The Hall–Kier alpha value is -0.820. The Morgan fingerprint density at radius 3 is 2.82 bits per heavy atom. The Bertz CT molecular complexity index is 537. The van der Waals surface area contributed by atoms with E-state index in [-0.39, 0.29) is 0 Å². The number of nitrogen functional groups attached to an aromatic ring is 1. The number of hydrazine groups is 1. The van der Waals surface area contributed by atoms with Crippen LogP contribution in [0.15, 0.2) is 44.9 Å². The van der Waals surface area contributed by atoms with E-state index < -0.39 is 0 Å². The van der Waals surface area contributed by atoms with E-state index in [1.54, 1.807) is 0 Å². The fourth-order valence-corrected chi connectivity index (χ4v) is 2.66. The molecule has 0 aliphatic rings. The molecule has 0 aliphatic heterocycles. The predicted octanol–water partition coefficient (Wildman–Crippen LogP) is 3.33. The molecule has 0 aliphatic carbocycles. The molecule has 0 unspecified atom stereocenters. The smallest absolute Gasteiger partial charge is 0.238 e. The summed E-state index contributed by atoms with van der Waals surface area (Å²) < 4.78 is 0.988. The van der Waals surface area contributed by atoms with E-state index in [1.807, 2.05) is 24.3 Å². The second kappa shape index (κ2) is 5.68. The fourth-order valence-electron chi connectivity index (χ4n) is 1.12. The molecule has 1 heterocycles. The molecule has 0 spiro atoms. The van der Waals surface area contributed by atoms with Gasteiger partial charge in [-0.2, -0.15) is 0 Å². The number of benzene rings is 1. The summed E-state index contributed by atoms with van der Waals surface area (Å²) in [6, 6.07) is 7.83.